The van der Waals surface area contributed by atoms with Gasteiger partial charge in [-0.3, -0.25) is 48.5 Å². The fraction of sp³-hybridized carbons (Fsp3) is 0.793. The summed E-state index contributed by atoms with van der Waals surface area (Å²) in [6.45, 7) is 5.42. The molecule has 0 aromatic heterocycles. The van der Waals surface area contributed by atoms with Crippen LogP contribution in [0.25, 0.3) is 0 Å². The largest absolute Gasteiger partial charge is 0.370 e. The van der Waals surface area contributed by atoms with E-state index >= 15 is 0 Å². The highest BCUT2D eigenvalue weighted by atomic mass is 16.2. The van der Waals surface area contributed by atoms with Crippen LogP contribution in [0.2, 0.25) is 0 Å². The maximum absolute atomic E-state index is 14.0. The second-order valence-corrected chi connectivity index (χ2v) is 21.3. The van der Waals surface area contributed by atoms with E-state index in [0.29, 0.717) is 19.3 Å². The zero-order chi connectivity index (χ0) is 60.1. The van der Waals surface area contributed by atoms with Gasteiger partial charge in [-0.05, 0) is 51.4 Å². The van der Waals surface area contributed by atoms with Gasteiger partial charge < -0.3 is 71.6 Å². The number of amides is 7. The Labute approximate surface area is 486 Å². The second kappa shape index (κ2) is 52.0. The van der Waals surface area contributed by atoms with Crippen LogP contribution in [-0.4, -0.2) is 128 Å². The van der Waals surface area contributed by atoms with Gasteiger partial charge in [0, 0.05) is 70.8 Å². The number of rotatable bonds is 54. The van der Waals surface area contributed by atoms with E-state index in [9.17, 15) is 33.6 Å². The van der Waals surface area contributed by atoms with Crippen molar-refractivity contribution in [2.75, 3.05) is 45.8 Å². The van der Waals surface area contributed by atoms with Crippen LogP contribution in [0.4, 0.5) is 0 Å². The van der Waals surface area contributed by atoms with E-state index in [1.54, 1.807) is 0 Å². The molecule has 3 atom stereocenters. The molecule has 0 rings (SSSR count). The molecule has 0 aliphatic heterocycles. The topological polar surface area (TPSA) is 402 Å². The van der Waals surface area contributed by atoms with Crippen molar-refractivity contribution in [3.05, 3.63) is 12.2 Å². The maximum atomic E-state index is 14.0. The Morgan fingerprint density at radius 2 is 0.704 bits per heavy atom. The lowest BCUT2D eigenvalue weighted by molar-refractivity contribution is -0.133. The molecule has 7 amide bonds. The van der Waals surface area contributed by atoms with Gasteiger partial charge in [-0.1, -0.05) is 168 Å². The molecular formula is C58H112N16O7. The highest BCUT2D eigenvalue weighted by molar-refractivity contribution is 5.99. The number of hydrogen-bond donors (Lipinski definition) is 12. The van der Waals surface area contributed by atoms with Crippen LogP contribution in [-0.2, 0) is 33.6 Å². The summed E-state index contributed by atoms with van der Waals surface area (Å²) in [5.41, 5.74) is 38.4. The van der Waals surface area contributed by atoms with Gasteiger partial charge in [0.15, 0.2) is 17.9 Å². The highest BCUT2D eigenvalue weighted by Crippen LogP contribution is 2.15. The van der Waals surface area contributed by atoms with Gasteiger partial charge >= 0.3 is 0 Å². The van der Waals surface area contributed by atoms with Crippen LogP contribution in [0.3, 0.4) is 0 Å². The Bertz CT molecular complexity index is 1790. The minimum Gasteiger partial charge on any atom is -0.370 e. The number of nitrogens with two attached hydrogens (primary N) is 7. The Hall–Kier alpha value is -6.16. The lowest BCUT2D eigenvalue weighted by atomic mass is 10.0. The van der Waals surface area contributed by atoms with E-state index in [-0.39, 0.29) is 108 Å². The standard InChI is InChI=1S/C58H112N16O7/c1-3-5-7-9-11-13-15-17-19-21-23-25-27-35-49(75)66-42-44-74(45-43-67-50(76)36-28-26-24-22-20-18-16-14-12-10-8-6-4-2)52(78)38-37-51(77)71-47(33-30-40-69-57(62)63)54(80)73-48(34-31-41-70-58(64)65)55(81)72-46(53(59)79)32-29-39-68-56(60)61/h37-38,46-48H,3-36,39-45H2,1-2H3,(H2,59,79)(H,66,75)(H,67,76)(H,71,77)(H,72,81)(H,73,80)(H4,60,61,68)(H4,62,63,69)(H4,64,65,70)/b38-37-/t46-,47-,48-/m0/s1. The van der Waals surface area contributed by atoms with E-state index in [0.717, 1.165) is 63.5 Å². The third kappa shape index (κ3) is 47.2. The summed E-state index contributed by atoms with van der Waals surface area (Å²) in [7, 11) is 0. The first-order valence-electron chi connectivity index (χ1n) is 30.9. The van der Waals surface area contributed by atoms with Crippen molar-refractivity contribution in [1.29, 1.82) is 0 Å². The highest BCUT2D eigenvalue weighted by Gasteiger charge is 2.29. The third-order valence-corrected chi connectivity index (χ3v) is 13.9. The average molecular weight is 1150 g/mol. The van der Waals surface area contributed by atoms with Gasteiger partial charge in [-0.2, -0.15) is 0 Å². The van der Waals surface area contributed by atoms with E-state index in [2.05, 4.69) is 55.4 Å². The Morgan fingerprint density at radius 1 is 0.395 bits per heavy atom. The summed E-state index contributed by atoms with van der Waals surface area (Å²) in [5, 5.41) is 13.7. The molecule has 0 unspecified atom stereocenters. The summed E-state index contributed by atoms with van der Waals surface area (Å²) in [6, 6.07) is -3.62. The molecule has 0 fully saturated rings. The molecule has 0 aromatic carbocycles. The number of hydrogen-bond acceptors (Lipinski definition) is 10. The maximum Gasteiger partial charge on any atom is 0.246 e. The molecule has 0 radical (unpaired) electrons. The van der Waals surface area contributed by atoms with Gasteiger partial charge in [0.05, 0.1) is 0 Å². The zero-order valence-corrected chi connectivity index (χ0v) is 50.1. The molecule has 0 saturated heterocycles. The van der Waals surface area contributed by atoms with Gasteiger partial charge in [-0.15, -0.1) is 0 Å². The van der Waals surface area contributed by atoms with Crippen LogP contribution in [0, 0.1) is 0 Å². The van der Waals surface area contributed by atoms with E-state index in [1.807, 2.05) is 0 Å². The monoisotopic (exact) mass is 1140 g/mol. The molecule has 0 spiro atoms. The molecule has 23 nitrogen and oxygen atoms in total. The number of aliphatic imine (C=N–C) groups is 3. The Morgan fingerprint density at radius 3 is 1.04 bits per heavy atom. The van der Waals surface area contributed by atoms with Crippen molar-refractivity contribution in [3.8, 4) is 0 Å². The van der Waals surface area contributed by atoms with Gasteiger partial charge in [0.2, 0.25) is 41.4 Å². The molecule has 0 heterocycles. The second-order valence-electron chi connectivity index (χ2n) is 21.3. The third-order valence-electron chi connectivity index (χ3n) is 13.9. The smallest absolute Gasteiger partial charge is 0.246 e. The molecule has 23 heteroatoms. The fourth-order valence-corrected chi connectivity index (χ4v) is 9.13. The molecule has 0 aromatic rings. The first-order chi connectivity index (χ1) is 39.0. The van der Waals surface area contributed by atoms with Crippen molar-refractivity contribution < 1.29 is 33.6 Å². The van der Waals surface area contributed by atoms with E-state index in [4.69, 9.17) is 40.1 Å². The quantitative estimate of drug-likeness (QED) is 0.0171. The van der Waals surface area contributed by atoms with Crippen molar-refractivity contribution in [2.24, 2.45) is 55.1 Å². The fourth-order valence-electron chi connectivity index (χ4n) is 9.13. The predicted octanol–water partition coefficient (Wildman–Crippen LogP) is 4.67. The molecule has 0 aliphatic rings. The molecule has 19 N–H and O–H groups in total. The molecule has 81 heavy (non-hydrogen) atoms. The van der Waals surface area contributed by atoms with Crippen LogP contribution in [0.1, 0.15) is 232 Å². The summed E-state index contributed by atoms with van der Waals surface area (Å²) >= 11 is 0. The van der Waals surface area contributed by atoms with Crippen molar-refractivity contribution in [1.82, 2.24) is 31.5 Å². The Balaban J connectivity index is 5.84. The lowest BCUT2D eigenvalue weighted by Crippen LogP contribution is -2.56. The van der Waals surface area contributed by atoms with E-state index < -0.39 is 47.7 Å². The number of nitrogens with one attached hydrogen (secondary N) is 5. The zero-order valence-electron chi connectivity index (χ0n) is 50.1. The minimum atomic E-state index is -1.25. The summed E-state index contributed by atoms with van der Waals surface area (Å²) in [5.74, 6) is -4.38. The molecule has 0 bridgehead atoms. The van der Waals surface area contributed by atoms with Gasteiger partial charge in [0.1, 0.15) is 18.1 Å². The van der Waals surface area contributed by atoms with Crippen molar-refractivity contribution in [3.63, 3.8) is 0 Å². The number of guanidine groups is 3. The lowest BCUT2D eigenvalue weighted by Gasteiger charge is -2.24. The summed E-state index contributed by atoms with van der Waals surface area (Å²) < 4.78 is 0. The molecular weight excluding hydrogens is 1030 g/mol. The van der Waals surface area contributed by atoms with Crippen molar-refractivity contribution in [2.45, 2.75) is 250 Å². The van der Waals surface area contributed by atoms with Gasteiger partial charge in [0.25, 0.3) is 0 Å². The number of primary amides is 1. The summed E-state index contributed by atoms with van der Waals surface area (Å²) in [4.78, 5) is 106. The molecule has 0 aliphatic carbocycles. The number of unbranched alkanes of at least 4 members (excludes halogenated alkanes) is 24. The van der Waals surface area contributed by atoms with Crippen LogP contribution in [0.5, 0.6) is 0 Å². The molecule has 466 valence electrons. The number of carbonyl (C=O) groups is 7. The minimum absolute atomic E-state index is 0.0112. The summed E-state index contributed by atoms with van der Waals surface area (Å²) in [6.07, 6.45) is 35.0. The normalized spacial score (nSPS) is 12.1. The first-order valence-corrected chi connectivity index (χ1v) is 30.9. The predicted molar refractivity (Wildman–Crippen MR) is 327 cm³/mol. The number of carbonyl (C=O) groups excluding carboxylic acids is 7. The Kier molecular flexibility index (Phi) is 48.0. The van der Waals surface area contributed by atoms with Crippen LogP contribution >= 0.6 is 0 Å². The van der Waals surface area contributed by atoms with Gasteiger partial charge in [-0.25, -0.2) is 0 Å². The molecule has 0 saturated carbocycles. The van der Waals surface area contributed by atoms with Crippen LogP contribution < -0.4 is 66.7 Å². The first kappa shape index (κ1) is 74.8. The SMILES string of the molecule is CCCCCCCCCCCCCCCC(=O)NCCN(CCNC(=O)CCCCCCCCCCCCCCC)C(=O)/C=C\C(=O)N[C@@H](CCCN=C(N)N)C(=O)N[C@@H](CCCN=C(N)N)C(=O)N[C@@H](CCCN=C(N)N)C(N)=O. The van der Waals surface area contributed by atoms with Crippen LogP contribution in [0.15, 0.2) is 27.1 Å². The average Bonchev–Trinajstić information content (AvgIpc) is 3.42. The van der Waals surface area contributed by atoms with E-state index in [1.165, 1.54) is 120 Å². The number of nitrogens with zero attached hydrogens (tertiary/aromatic N) is 4. The van der Waals surface area contributed by atoms with Crippen molar-refractivity contribution >= 4 is 59.2 Å².